The first kappa shape index (κ1) is 31.2. The van der Waals surface area contributed by atoms with Crippen molar-refractivity contribution in [3.63, 3.8) is 0 Å². The molecule has 0 fully saturated rings. The molecular weight excluding hydrogens is 653 g/mol. The summed E-state index contributed by atoms with van der Waals surface area (Å²) in [6.45, 7) is 0. The van der Waals surface area contributed by atoms with Gasteiger partial charge in [-0.3, -0.25) is 0 Å². The van der Waals surface area contributed by atoms with E-state index < -0.39 is 98.7 Å². The number of benzene rings is 6. The zero-order valence-corrected chi connectivity index (χ0v) is 23.9. The van der Waals surface area contributed by atoms with Crippen LogP contribution in [0.15, 0.2) is 78.9 Å². The fraction of sp³-hybridized carbons (Fsp3) is 0.0286. The first-order chi connectivity index (χ1) is 23.0. The standard InChI is InChI=1S/C35H15BF10O2/c37-16-13-19-26(11-10-23(39)28(19)25(41)14-16)47-36(21-6-2-1-5-17(21)18-8-9-24(40)31(43)30(18)42)48-35-20-12-15-4-3-7-22(38)27(15)29(20)32(44)33(45)34(35)46/h1-11,13-14H,12H2. The third kappa shape index (κ3) is 4.92. The van der Waals surface area contributed by atoms with Crippen LogP contribution in [0.1, 0.15) is 11.1 Å². The van der Waals surface area contributed by atoms with Crippen molar-refractivity contribution in [1.82, 2.24) is 0 Å². The molecule has 0 radical (unpaired) electrons. The highest BCUT2D eigenvalue weighted by atomic mass is 19.2. The molecule has 0 heterocycles. The van der Waals surface area contributed by atoms with E-state index in [1.54, 1.807) is 0 Å². The van der Waals surface area contributed by atoms with Gasteiger partial charge in [0, 0.05) is 45.6 Å². The van der Waals surface area contributed by atoms with E-state index in [2.05, 4.69) is 0 Å². The predicted octanol–water partition coefficient (Wildman–Crippen LogP) is 9.32. The second-order valence-corrected chi connectivity index (χ2v) is 10.8. The van der Waals surface area contributed by atoms with Gasteiger partial charge in [0.15, 0.2) is 29.1 Å². The zero-order valence-electron chi connectivity index (χ0n) is 23.9. The highest BCUT2D eigenvalue weighted by molar-refractivity contribution is 6.64. The van der Waals surface area contributed by atoms with E-state index in [9.17, 15) is 26.3 Å². The number of halogens is 10. The van der Waals surface area contributed by atoms with Gasteiger partial charge in [-0.05, 0) is 47.5 Å². The van der Waals surface area contributed by atoms with Crippen LogP contribution in [-0.4, -0.2) is 7.12 Å². The minimum atomic E-state index is -2.06. The lowest BCUT2D eigenvalue weighted by Crippen LogP contribution is -2.44. The summed E-state index contributed by atoms with van der Waals surface area (Å²) in [4.78, 5) is 0. The summed E-state index contributed by atoms with van der Waals surface area (Å²) in [6.07, 6.45) is -0.339. The fourth-order valence-electron chi connectivity index (χ4n) is 5.91. The summed E-state index contributed by atoms with van der Waals surface area (Å²) < 4.78 is 160. The Morgan fingerprint density at radius 3 is 2.06 bits per heavy atom. The van der Waals surface area contributed by atoms with Crippen LogP contribution < -0.4 is 14.8 Å². The molecule has 7 rings (SSSR count). The third-order valence-corrected chi connectivity index (χ3v) is 8.04. The Morgan fingerprint density at radius 1 is 0.521 bits per heavy atom. The van der Waals surface area contributed by atoms with Crippen LogP contribution in [0.25, 0.3) is 33.0 Å². The van der Waals surface area contributed by atoms with Crippen LogP contribution in [0.3, 0.4) is 0 Å². The van der Waals surface area contributed by atoms with Gasteiger partial charge in [-0.1, -0.05) is 36.4 Å². The minimum Gasteiger partial charge on any atom is -0.521 e. The van der Waals surface area contributed by atoms with Crippen LogP contribution in [-0.2, 0) is 6.42 Å². The molecule has 0 saturated heterocycles. The Bertz CT molecular complexity index is 2310. The zero-order chi connectivity index (χ0) is 34.0. The van der Waals surface area contributed by atoms with E-state index >= 15 is 17.6 Å². The van der Waals surface area contributed by atoms with E-state index in [0.717, 1.165) is 30.3 Å². The smallest absolute Gasteiger partial charge is 0.521 e. The summed E-state index contributed by atoms with van der Waals surface area (Å²) in [6, 6.07) is 13.3. The predicted molar refractivity (Wildman–Crippen MR) is 157 cm³/mol. The van der Waals surface area contributed by atoms with Crippen molar-refractivity contribution < 1.29 is 53.2 Å². The molecule has 48 heavy (non-hydrogen) atoms. The fourth-order valence-corrected chi connectivity index (χ4v) is 5.91. The minimum absolute atomic E-state index is 0.163. The molecule has 2 nitrogen and oxygen atoms in total. The Hall–Kier alpha value is -5.46. The van der Waals surface area contributed by atoms with Gasteiger partial charge in [0.2, 0.25) is 5.82 Å². The van der Waals surface area contributed by atoms with Crippen molar-refractivity contribution in [2.75, 3.05) is 0 Å². The average molecular weight is 668 g/mol. The van der Waals surface area contributed by atoms with Gasteiger partial charge >= 0.3 is 7.12 Å². The molecule has 13 heteroatoms. The molecular formula is C35H15BF10O2. The Kier molecular flexibility index (Phi) is 7.57. The molecule has 0 bridgehead atoms. The maximum Gasteiger partial charge on any atom is 0.633 e. The maximum atomic E-state index is 15.7. The van der Waals surface area contributed by atoms with Gasteiger partial charge < -0.3 is 9.31 Å². The number of hydrogen-bond donors (Lipinski definition) is 0. The molecule has 0 atom stereocenters. The lowest BCUT2D eigenvalue weighted by atomic mass is 9.73. The second-order valence-electron chi connectivity index (χ2n) is 10.8. The number of hydrogen-bond acceptors (Lipinski definition) is 2. The monoisotopic (exact) mass is 668 g/mol. The van der Waals surface area contributed by atoms with E-state index in [1.165, 1.54) is 36.4 Å². The summed E-state index contributed by atoms with van der Waals surface area (Å²) in [5, 5.41) is -1.18. The van der Waals surface area contributed by atoms with E-state index in [0.29, 0.717) is 12.1 Å². The first-order valence-corrected chi connectivity index (χ1v) is 14.1. The Morgan fingerprint density at radius 2 is 1.27 bits per heavy atom. The summed E-state index contributed by atoms with van der Waals surface area (Å²) in [5.74, 6) is -16.5. The van der Waals surface area contributed by atoms with Gasteiger partial charge in [0.25, 0.3) is 0 Å². The van der Waals surface area contributed by atoms with Crippen LogP contribution in [0, 0.1) is 58.2 Å². The van der Waals surface area contributed by atoms with Gasteiger partial charge in [-0.15, -0.1) is 0 Å². The molecule has 6 aromatic rings. The molecule has 6 aromatic carbocycles. The number of rotatable bonds is 6. The van der Waals surface area contributed by atoms with E-state index in [4.69, 9.17) is 9.31 Å². The molecule has 0 saturated carbocycles. The Balaban J connectivity index is 1.46. The van der Waals surface area contributed by atoms with Crippen molar-refractivity contribution in [3.8, 4) is 33.8 Å². The van der Waals surface area contributed by atoms with Crippen LogP contribution in [0.4, 0.5) is 43.9 Å². The largest absolute Gasteiger partial charge is 0.633 e. The van der Waals surface area contributed by atoms with Crippen molar-refractivity contribution in [2.45, 2.75) is 6.42 Å². The molecule has 0 N–H and O–H groups in total. The van der Waals surface area contributed by atoms with Crippen molar-refractivity contribution in [3.05, 3.63) is 148 Å². The topological polar surface area (TPSA) is 18.5 Å². The van der Waals surface area contributed by atoms with Crippen molar-refractivity contribution >= 4 is 23.4 Å². The van der Waals surface area contributed by atoms with E-state index in [1.807, 2.05) is 0 Å². The third-order valence-electron chi connectivity index (χ3n) is 8.04. The summed E-state index contributed by atoms with van der Waals surface area (Å²) >= 11 is 0. The lowest BCUT2D eigenvalue weighted by Gasteiger charge is -2.23. The maximum absolute atomic E-state index is 15.7. The van der Waals surface area contributed by atoms with Gasteiger partial charge in [-0.25, -0.2) is 39.5 Å². The van der Waals surface area contributed by atoms with Crippen LogP contribution >= 0.6 is 0 Å². The molecule has 0 aromatic heterocycles. The van der Waals surface area contributed by atoms with E-state index in [-0.39, 0.29) is 34.1 Å². The van der Waals surface area contributed by atoms with Gasteiger partial charge in [-0.2, -0.15) is 4.39 Å². The van der Waals surface area contributed by atoms with Crippen LogP contribution in [0.2, 0.25) is 0 Å². The Labute approximate surface area is 264 Å². The quantitative estimate of drug-likeness (QED) is 0.1000. The van der Waals surface area contributed by atoms with Gasteiger partial charge in [0.1, 0.15) is 34.8 Å². The molecule has 0 aliphatic heterocycles. The first-order valence-electron chi connectivity index (χ1n) is 14.1. The normalized spacial score (nSPS) is 11.9. The molecule has 0 unspecified atom stereocenters. The highest BCUT2D eigenvalue weighted by Gasteiger charge is 2.39. The summed E-state index contributed by atoms with van der Waals surface area (Å²) in [7, 11) is -2.06. The lowest BCUT2D eigenvalue weighted by molar-refractivity contribution is 0.389. The van der Waals surface area contributed by atoms with Crippen molar-refractivity contribution in [1.29, 1.82) is 0 Å². The molecule has 1 aliphatic carbocycles. The van der Waals surface area contributed by atoms with Crippen molar-refractivity contribution in [2.24, 2.45) is 0 Å². The SMILES string of the molecule is Fc1cc(F)c2c(F)ccc(OB(Oc3c(F)c(F)c(F)c4c3Cc3cccc(F)c3-4)c3ccccc3-c3ccc(F)c(F)c3F)c2c1. The molecule has 0 amide bonds. The van der Waals surface area contributed by atoms with Crippen LogP contribution in [0.5, 0.6) is 11.5 Å². The average Bonchev–Trinajstić information content (AvgIpc) is 3.46. The second kappa shape index (κ2) is 11.7. The molecule has 1 aliphatic rings. The number of fused-ring (bicyclic) bond motifs is 4. The van der Waals surface area contributed by atoms with Gasteiger partial charge in [0.05, 0.1) is 5.39 Å². The molecule has 0 spiro atoms. The molecule has 240 valence electrons. The highest BCUT2D eigenvalue weighted by Crippen LogP contribution is 2.47. The summed E-state index contributed by atoms with van der Waals surface area (Å²) in [5.41, 5.74) is -2.16.